The zero-order valence-corrected chi connectivity index (χ0v) is 23.1. The number of aryl methyl sites for hydroxylation is 1. The Bertz CT molecular complexity index is 1330. The van der Waals surface area contributed by atoms with Crippen LogP contribution in [0.4, 0.5) is 0 Å². The lowest BCUT2D eigenvalue weighted by atomic mass is 9.81. The quantitative estimate of drug-likeness (QED) is 0.254. The van der Waals surface area contributed by atoms with E-state index in [1.165, 1.54) is 0 Å². The molecule has 39 heavy (non-hydrogen) atoms. The maximum Gasteiger partial charge on any atom is 0.119 e. The first-order valence-corrected chi connectivity index (χ1v) is 14.0. The Labute approximate surface area is 236 Å². The fourth-order valence-corrected chi connectivity index (χ4v) is 5.53. The van der Waals surface area contributed by atoms with Crippen molar-refractivity contribution < 1.29 is 14.9 Å². The number of nitrogens with zero attached hydrogens (tertiary/aromatic N) is 1. The van der Waals surface area contributed by atoms with E-state index >= 15 is 0 Å². The summed E-state index contributed by atoms with van der Waals surface area (Å²) >= 11 is 6.09. The predicted molar refractivity (Wildman–Crippen MR) is 157 cm³/mol. The molecule has 0 amide bonds. The van der Waals surface area contributed by atoms with Crippen LogP contribution in [-0.4, -0.2) is 41.4 Å². The zero-order chi connectivity index (χ0) is 27.3. The van der Waals surface area contributed by atoms with Gasteiger partial charge < -0.3 is 14.9 Å². The lowest BCUT2D eigenvalue weighted by Gasteiger charge is -2.38. The van der Waals surface area contributed by atoms with Crippen molar-refractivity contribution in [1.29, 1.82) is 0 Å². The number of rotatable bonds is 9. The summed E-state index contributed by atoms with van der Waals surface area (Å²) in [5.74, 6) is 0.772. The van der Waals surface area contributed by atoms with Crippen molar-refractivity contribution in [2.24, 2.45) is 0 Å². The molecule has 0 saturated carbocycles. The number of piperidine rings is 1. The Balaban J connectivity index is 1.21. The molecule has 4 nitrogen and oxygen atoms in total. The zero-order valence-electron chi connectivity index (χ0n) is 22.4. The van der Waals surface area contributed by atoms with Crippen molar-refractivity contribution in [3.8, 4) is 5.75 Å². The fraction of sp³-hybridized carbons (Fsp3) is 0.294. The Morgan fingerprint density at radius 2 is 1.41 bits per heavy atom. The van der Waals surface area contributed by atoms with Gasteiger partial charge in [0.1, 0.15) is 18.0 Å². The summed E-state index contributed by atoms with van der Waals surface area (Å²) in [7, 11) is 0. The first-order chi connectivity index (χ1) is 18.8. The molecule has 1 saturated heterocycles. The molecule has 5 heteroatoms. The van der Waals surface area contributed by atoms with Crippen molar-refractivity contribution in [1.82, 2.24) is 4.90 Å². The SMILES string of the molecule is Cc1ccc(C(O)(Cc2ccc(Cl)cc2)c2ccc(OCCN3CCC(O)(c4ccccc4)CC3)cc2)cc1. The van der Waals surface area contributed by atoms with Crippen LogP contribution in [0.25, 0.3) is 0 Å². The molecule has 4 aromatic rings. The predicted octanol–water partition coefficient (Wildman–Crippen LogP) is 6.49. The largest absolute Gasteiger partial charge is 0.492 e. The van der Waals surface area contributed by atoms with Gasteiger partial charge in [-0.15, -0.1) is 0 Å². The van der Waals surface area contributed by atoms with Crippen LogP contribution in [0.5, 0.6) is 5.75 Å². The van der Waals surface area contributed by atoms with Crippen molar-refractivity contribution in [2.75, 3.05) is 26.2 Å². The molecule has 0 aliphatic carbocycles. The van der Waals surface area contributed by atoms with E-state index in [1.54, 1.807) is 0 Å². The minimum absolute atomic E-state index is 0.428. The molecule has 2 N–H and O–H groups in total. The number of aliphatic hydroxyl groups is 2. The summed E-state index contributed by atoms with van der Waals surface area (Å²) < 4.78 is 6.07. The highest BCUT2D eigenvalue weighted by Gasteiger charge is 2.34. The normalized spacial score (nSPS) is 16.9. The second kappa shape index (κ2) is 11.9. The lowest BCUT2D eigenvalue weighted by molar-refractivity contribution is -0.0278. The van der Waals surface area contributed by atoms with Crippen LogP contribution in [0.15, 0.2) is 103 Å². The van der Waals surface area contributed by atoms with Gasteiger partial charge in [0.05, 0.1) is 5.60 Å². The summed E-state index contributed by atoms with van der Waals surface area (Å²) in [6, 6.07) is 33.4. The average molecular weight is 542 g/mol. The summed E-state index contributed by atoms with van der Waals surface area (Å²) in [5, 5.41) is 23.8. The molecule has 1 aliphatic rings. The molecule has 0 aromatic heterocycles. The van der Waals surface area contributed by atoms with Gasteiger partial charge in [0.25, 0.3) is 0 Å². The smallest absolute Gasteiger partial charge is 0.119 e. The second-order valence-corrected chi connectivity index (χ2v) is 11.1. The van der Waals surface area contributed by atoms with E-state index in [9.17, 15) is 10.2 Å². The molecule has 1 aliphatic heterocycles. The summed E-state index contributed by atoms with van der Waals surface area (Å²) in [6.07, 6.45) is 1.87. The van der Waals surface area contributed by atoms with E-state index in [1.807, 2.05) is 110 Å². The molecule has 4 aromatic carbocycles. The highest BCUT2D eigenvalue weighted by Crippen LogP contribution is 2.35. The van der Waals surface area contributed by atoms with E-state index in [0.29, 0.717) is 18.1 Å². The molecule has 5 rings (SSSR count). The monoisotopic (exact) mass is 541 g/mol. The van der Waals surface area contributed by atoms with Crippen LogP contribution >= 0.6 is 11.6 Å². The molecule has 202 valence electrons. The number of benzene rings is 4. The third-order valence-corrected chi connectivity index (χ3v) is 8.16. The molecule has 1 unspecified atom stereocenters. The van der Waals surface area contributed by atoms with Gasteiger partial charge in [-0.1, -0.05) is 96.0 Å². The van der Waals surface area contributed by atoms with Crippen molar-refractivity contribution in [3.05, 3.63) is 136 Å². The number of likely N-dealkylation sites (tertiary alicyclic amines) is 1. The lowest BCUT2D eigenvalue weighted by Crippen LogP contribution is -2.43. The van der Waals surface area contributed by atoms with Crippen LogP contribution in [0, 0.1) is 6.92 Å². The van der Waals surface area contributed by atoms with Crippen molar-refractivity contribution in [3.63, 3.8) is 0 Å². The van der Waals surface area contributed by atoms with Gasteiger partial charge in [0, 0.05) is 31.1 Å². The standard InChI is InChI=1S/C34H36ClNO3/c1-26-7-11-29(12-8-26)34(38,25-27-9-15-31(35)16-10-27)30-13-17-32(18-14-30)39-24-23-36-21-19-33(37,20-22-36)28-5-3-2-4-6-28/h2-18,37-38H,19-25H2,1H3. The molecule has 1 heterocycles. The van der Waals surface area contributed by atoms with Gasteiger partial charge in [-0.05, 0) is 66.3 Å². The third kappa shape index (κ3) is 6.54. The fourth-order valence-electron chi connectivity index (χ4n) is 5.40. The maximum atomic E-state index is 12.0. The molecule has 0 spiro atoms. The summed E-state index contributed by atoms with van der Waals surface area (Å²) in [4.78, 5) is 2.34. The van der Waals surface area contributed by atoms with E-state index in [0.717, 1.165) is 66.0 Å². The van der Waals surface area contributed by atoms with E-state index < -0.39 is 11.2 Å². The maximum absolute atomic E-state index is 12.0. The van der Waals surface area contributed by atoms with Gasteiger partial charge in [0.2, 0.25) is 0 Å². The van der Waals surface area contributed by atoms with Gasteiger partial charge in [0.15, 0.2) is 0 Å². The molecular formula is C34H36ClNO3. The number of ether oxygens (including phenoxy) is 1. The van der Waals surface area contributed by atoms with Gasteiger partial charge >= 0.3 is 0 Å². The Morgan fingerprint density at radius 1 is 0.821 bits per heavy atom. The molecular weight excluding hydrogens is 506 g/mol. The highest BCUT2D eigenvalue weighted by molar-refractivity contribution is 6.30. The van der Waals surface area contributed by atoms with Crippen molar-refractivity contribution in [2.45, 2.75) is 37.4 Å². The number of halogens is 1. The van der Waals surface area contributed by atoms with E-state index in [2.05, 4.69) is 4.90 Å². The highest BCUT2D eigenvalue weighted by atomic mass is 35.5. The average Bonchev–Trinajstić information content (AvgIpc) is 2.96. The van der Waals surface area contributed by atoms with E-state index in [-0.39, 0.29) is 0 Å². The van der Waals surface area contributed by atoms with Gasteiger partial charge in [-0.2, -0.15) is 0 Å². The Kier molecular flexibility index (Phi) is 8.39. The summed E-state index contributed by atoms with van der Waals surface area (Å²) in [5.41, 5.74) is 2.88. The minimum atomic E-state index is -1.19. The van der Waals surface area contributed by atoms with Crippen molar-refractivity contribution >= 4 is 11.6 Å². The third-order valence-electron chi connectivity index (χ3n) is 7.90. The topological polar surface area (TPSA) is 52.9 Å². The summed E-state index contributed by atoms with van der Waals surface area (Å²) in [6.45, 7) is 5.08. The van der Waals surface area contributed by atoms with Crippen LogP contribution in [-0.2, 0) is 17.6 Å². The molecule has 1 atom stereocenters. The van der Waals surface area contributed by atoms with Gasteiger partial charge in [-0.25, -0.2) is 0 Å². The first kappa shape index (κ1) is 27.4. The Morgan fingerprint density at radius 3 is 2.03 bits per heavy atom. The number of hydrogen-bond donors (Lipinski definition) is 2. The van der Waals surface area contributed by atoms with Crippen LogP contribution in [0.3, 0.4) is 0 Å². The minimum Gasteiger partial charge on any atom is -0.492 e. The Hall–Kier alpha value is -3.15. The number of hydrogen-bond acceptors (Lipinski definition) is 4. The van der Waals surface area contributed by atoms with E-state index in [4.69, 9.17) is 16.3 Å². The molecule has 0 radical (unpaired) electrons. The van der Waals surface area contributed by atoms with Crippen LogP contribution in [0.2, 0.25) is 5.02 Å². The van der Waals surface area contributed by atoms with Crippen LogP contribution in [0.1, 0.15) is 40.7 Å². The second-order valence-electron chi connectivity index (χ2n) is 10.6. The van der Waals surface area contributed by atoms with Gasteiger partial charge in [-0.3, -0.25) is 4.90 Å². The first-order valence-electron chi connectivity index (χ1n) is 13.6. The molecule has 0 bridgehead atoms. The molecule has 1 fully saturated rings. The van der Waals surface area contributed by atoms with Crippen LogP contribution < -0.4 is 4.74 Å².